The van der Waals surface area contributed by atoms with Crippen LogP contribution < -0.4 is 4.74 Å². The van der Waals surface area contributed by atoms with Gasteiger partial charge in [-0.3, -0.25) is 4.99 Å². The standard InChI is InChI=1S/C26H35NO3/c1-4-6-8-9-10-21(3)30-26(28)23-13-15-24(16-14-23)27-20-22-11-17-25(18-12-22)29-19-7-5-2/h11-18,20-21H,4-10,19H2,1-3H3. The summed E-state index contributed by atoms with van der Waals surface area (Å²) in [5, 5.41) is 0. The van der Waals surface area contributed by atoms with Gasteiger partial charge in [-0.2, -0.15) is 0 Å². The van der Waals surface area contributed by atoms with Gasteiger partial charge in [0.15, 0.2) is 0 Å². The van der Waals surface area contributed by atoms with Crippen molar-refractivity contribution in [1.29, 1.82) is 0 Å². The van der Waals surface area contributed by atoms with Crippen LogP contribution in [0.15, 0.2) is 53.5 Å². The Labute approximate surface area is 181 Å². The van der Waals surface area contributed by atoms with Crippen LogP contribution in [0.1, 0.15) is 81.6 Å². The molecule has 4 nitrogen and oxygen atoms in total. The fourth-order valence-corrected chi connectivity index (χ4v) is 2.99. The number of unbranched alkanes of at least 4 members (excludes halogenated alkanes) is 4. The predicted octanol–water partition coefficient (Wildman–Crippen LogP) is 7.13. The van der Waals surface area contributed by atoms with E-state index < -0.39 is 0 Å². The van der Waals surface area contributed by atoms with Crippen LogP contribution in [0.2, 0.25) is 0 Å². The van der Waals surface area contributed by atoms with Crippen LogP contribution in [0.5, 0.6) is 5.75 Å². The molecule has 2 rings (SSSR count). The summed E-state index contributed by atoms with van der Waals surface area (Å²) in [6.07, 6.45) is 9.59. The summed E-state index contributed by atoms with van der Waals surface area (Å²) in [5.74, 6) is 0.607. The zero-order valence-electron chi connectivity index (χ0n) is 18.6. The number of nitrogens with zero attached hydrogens (tertiary/aromatic N) is 1. The highest BCUT2D eigenvalue weighted by atomic mass is 16.5. The maximum absolute atomic E-state index is 12.3. The number of esters is 1. The normalized spacial score (nSPS) is 12.1. The highest BCUT2D eigenvalue weighted by molar-refractivity contribution is 5.90. The van der Waals surface area contributed by atoms with Gasteiger partial charge in [0.1, 0.15) is 5.75 Å². The molecule has 162 valence electrons. The summed E-state index contributed by atoms with van der Waals surface area (Å²) >= 11 is 0. The van der Waals surface area contributed by atoms with Crippen molar-refractivity contribution < 1.29 is 14.3 Å². The Bertz CT molecular complexity index is 766. The minimum atomic E-state index is -0.271. The maximum atomic E-state index is 12.3. The third-order valence-corrected chi connectivity index (χ3v) is 4.88. The van der Waals surface area contributed by atoms with Crippen molar-refractivity contribution in [2.24, 2.45) is 4.99 Å². The molecule has 0 aromatic heterocycles. The minimum Gasteiger partial charge on any atom is -0.494 e. The first-order valence-electron chi connectivity index (χ1n) is 11.2. The van der Waals surface area contributed by atoms with Crippen molar-refractivity contribution in [1.82, 2.24) is 0 Å². The van der Waals surface area contributed by atoms with Gasteiger partial charge in [-0.05, 0) is 80.3 Å². The number of benzene rings is 2. The highest BCUT2D eigenvalue weighted by Crippen LogP contribution is 2.17. The van der Waals surface area contributed by atoms with Gasteiger partial charge in [-0.1, -0.05) is 39.5 Å². The lowest BCUT2D eigenvalue weighted by Gasteiger charge is -2.13. The fraction of sp³-hybridized carbons (Fsp3) is 0.462. The molecule has 1 atom stereocenters. The van der Waals surface area contributed by atoms with E-state index >= 15 is 0 Å². The van der Waals surface area contributed by atoms with Crippen LogP contribution in [-0.4, -0.2) is 24.9 Å². The van der Waals surface area contributed by atoms with E-state index in [-0.39, 0.29) is 12.1 Å². The molecule has 0 saturated carbocycles. The zero-order chi connectivity index (χ0) is 21.6. The molecule has 1 unspecified atom stereocenters. The summed E-state index contributed by atoms with van der Waals surface area (Å²) in [6.45, 7) is 7.05. The molecule has 2 aromatic carbocycles. The van der Waals surface area contributed by atoms with Gasteiger partial charge in [0, 0.05) is 6.21 Å². The third-order valence-electron chi connectivity index (χ3n) is 4.88. The molecular weight excluding hydrogens is 374 g/mol. The van der Waals surface area contributed by atoms with E-state index in [0.717, 1.165) is 49.3 Å². The second-order valence-corrected chi connectivity index (χ2v) is 7.64. The Morgan fingerprint density at radius 2 is 1.63 bits per heavy atom. The van der Waals surface area contributed by atoms with Crippen LogP contribution in [0, 0.1) is 0 Å². The Hall–Kier alpha value is -2.62. The average Bonchev–Trinajstić information content (AvgIpc) is 2.76. The molecule has 0 fully saturated rings. The van der Waals surface area contributed by atoms with E-state index in [4.69, 9.17) is 9.47 Å². The molecule has 0 aliphatic carbocycles. The first-order chi connectivity index (χ1) is 14.6. The fourth-order valence-electron chi connectivity index (χ4n) is 2.99. The van der Waals surface area contributed by atoms with Gasteiger partial charge in [0.05, 0.1) is 24.0 Å². The zero-order valence-corrected chi connectivity index (χ0v) is 18.6. The quantitative estimate of drug-likeness (QED) is 0.201. The number of carbonyl (C=O) groups excluding carboxylic acids is 1. The molecule has 0 radical (unpaired) electrons. The van der Waals surface area contributed by atoms with E-state index in [1.54, 1.807) is 12.1 Å². The molecule has 0 spiro atoms. The number of ether oxygens (including phenoxy) is 2. The van der Waals surface area contributed by atoms with Crippen LogP contribution >= 0.6 is 0 Å². The molecule has 0 bridgehead atoms. The average molecular weight is 410 g/mol. The summed E-state index contributed by atoms with van der Waals surface area (Å²) in [6, 6.07) is 15.1. The lowest BCUT2D eigenvalue weighted by Crippen LogP contribution is -2.14. The van der Waals surface area contributed by atoms with E-state index in [0.29, 0.717) is 5.56 Å². The number of hydrogen-bond donors (Lipinski definition) is 0. The Kier molecular flexibility index (Phi) is 10.7. The Morgan fingerprint density at radius 3 is 2.30 bits per heavy atom. The van der Waals surface area contributed by atoms with Crippen molar-refractivity contribution in [2.75, 3.05) is 6.61 Å². The second kappa shape index (κ2) is 13.6. The molecule has 0 aliphatic rings. The first kappa shape index (κ1) is 23.7. The largest absolute Gasteiger partial charge is 0.494 e. The second-order valence-electron chi connectivity index (χ2n) is 7.64. The minimum absolute atomic E-state index is 0.0547. The topological polar surface area (TPSA) is 47.9 Å². The number of carbonyl (C=O) groups is 1. The molecule has 0 heterocycles. The van der Waals surface area contributed by atoms with Crippen LogP contribution in [0.4, 0.5) is 5.69 Å². The molecule has 0 aliphatic heterocycles. The molecule has 2 aromatic rings. The van der Waals surface area contributed by atoms with Crippen molar-refractivity contribution in [3.63, 3.8) is 0 Å². The van der Waals surface area contributed by atoms with Crippen molar-refractivity contribution in [3.8, 4) is 5.75 Å². The third kappa shape index (κ3) is 8.81. The molecular formula is C26H35NO3. The van der Waals surface area contributed by atoms with E-state index in [2.05, 4.69) is 18.8 Å². The van der Waals surface area contributed by atoms with Gasteiger partial charge in [-0.15, -0.1) is 0 Å². The predicted molar refractivity (Wildman–Crippen MR) is 124 cm³/mol. The van der Waals surface area contributed by atoms with Crippen molar-refractivity contribution >= 4 is 17.9 Å². The van der Waals surface area contributed by atoms with Gasteiger partial charge >= 0.3 is 5.97 Å². The summed E-state index contributed by atoms with van der Waals surface area (Å²) in [5.41, 5.74) is 2.35. The van der Waals surface area contributed by atoms with E-state index in [1.807, 2.05) is 49.5 Å². The number of aliphatic imine (C=N–C) groups is 1. The van der Waals surface area contributed by atoms with Crippen molar-refractivity contribution in [3.05, 3.63) is 59.7 Å². The van der Waals surface area contributed by atoms with Gasteiger partial charge in [0.25, 0.3) is 0 Å². The van der Waals surface area contributed by atoms with Crippen molar-refractivity contribution in [2.45, 2.75) is 71.8 Å². The van der Waals surface area contributed by atoms with Crippen LogP contribution in [0.25, 0.3) is 0 Å². The Morgan fingerprint density at radius 1 is 0.933 bits per heavy atom. The van der Waals surface area contributed by atoms with E-state index in [9.17, 15) is 4.79 Å². The summed E-state index contributed by atoms with van der Waals surface area (Å²) in [7, 11) is 0. The Balaban J connectivity index is 1.82. The molecule has 0 N–H and O–H groups in total. The molecule has 0 saturated heterocycles. The highest BCUT2D eigenvalue weighted by Gasteiger charge is 2.11. The lowest BCUT2D eigenvalue weighted by molar-refractivity contribution is 0.0319. The van der Waals surface area contributed by atoms with E-state index in [1.165, 1.54) is 19.3 Å². The van der Waals surface area contributed by atoms with Gasteiger partial charge in [-0.25, -0.2) is 4.79 Å². The van der Waals surface area contributed by atoms with Crippen LogP contribution in [0.3, 0.4) is 0 Å². The monoisotopic (exact) mass is 409 g/mol. The van der Waals surface area contributed by atoms with Gasteiger partial charge < -0.3 is 9.47 Å². The maximum Gasteiger partial charge on any atom is 0.338 e. The first-order valence-corrected chi connectivity index (χ1v) is 11.2. The number of hydrogen-bond acceptors (Lipinski definition) is 4. The molecule has 4 heteroatoms. The number of rotatable bonds is 13. The smallest absolute Gasteiger partial charge is 0.338 e. The summed E-state index contributed by atoms with van der Waals surface area (Å²) in [4.78, 5) is 16.8. The molecule has 0 amide bonds. The lowest BCUT2D eigenvalue weighted by atomic mass is 10.1. The SMILES string of the molecule is CCCCCCC(C)OC(=O)c1ccc(N=Cc2ccc(OCCCC)cc2)cc1. The summed E-state index contributed by atoms with van der Waals surface area (Å²) < 4.78 is 11.2. The van der Waals surface area contributed by atoms with Gasteiger partial charge in [0.2, 0.25) is 0 Å². The molecule has 30 heavy (non-hydrogen) atoms. The van der Waals surface area contributed by atoms with Crippen LogP contribution in [-0.2, 0) is 4.74 Å².